The predicted octanol–water partition coefficient (Wildman–Crippen LogP) is 2.66. The van der Waals surface area contributed by atoms with Gasteiger partial charge in [-0.05, 0) is 49.3 Å². The molecule has 2 aliphatic heterocycles. The van der Waals surface area contributed by atoms with Crippen LogP contribution in [0.5, 0.6) is 0 Å². The summed E-state index contributed by atoms with van der Waals surface area (Å²) in [5.74, 6) is 0.229. The molecule has 2 saturated heterocycles. The second-order valence-corrected chi connectivity index (χ2v) is 8.06. The molecule has 2 heterocycles. The number of imide groups is 1. The number of hydrogen-bond acceptors (Lipinski definition) is 4. The number of carbonyl (C=O) groups is 2. The topological polar surface area (TPSA) is 61.9 Å². The molecule has 3 aliphatic rings. The number of nitrogens with one attached hydrogen (secondary N) is 1. The van der Waals surface area contributed by atoms with Gasteiger partial charge in [-0.1, -0.05) is 19.1 Å². The van der Waals surface area contributed by atoms with Crippen molar-refractivity contribution in [1.29, 1.82) is 0 Å². The zero-order valence-electron chi connectivity index (χ0n) is 15.6. The fraction of sp³-hybridized carbons (Fsp3) is 0.600. The molecule has 27 heavy (non-hydrogen) atoms. The molecule has 1 spiro atoms. The first kappa shape index (κ1) is 18.4. The molecule has 3 amide bonds. The molecule has 0 radical (unpaired) electrons. The fourth-order valence-electron chi connectivity index (χ4n) is 4.31. The number of halogens is 1. The summed E-state index contributed by atoms with van der Waals surface area (Å²) in [5.41, 5.74) is 0.197. The number of nitrogens with zero attached hydrogens (tertiary/aromatic N) is 2. The molecule has 0 unspecified atom stereocenters. The Balaban J connectivity index is 1.42. The third-order valence-electron chi connectivity index (χ3n) is 6.11. The Kier molecular flexibility index (Phi) is 4.90. The van der Waals surface area contributed by atoms with E-state index in [2.05, 4.69) is 17.1 Å². The van der Waals surface area contributed by atoms with Gasteiger partial charge >= 0.3 is 6.03 Å². The largest absolute Gasteiger partial charge is 0.371 e. The van der Waals surface area contributed by atoms with Gasteiger partial charge in [-0.2, -0.15) is 0 Å². The van der Waals surface area contributed by atoms with Gasteiger partial charge in [-0.25, -0.2) is 14.1 Å². The van der Waals surface area contributed by atoms with Crippen LogP contribution in [0, 0.1) is 11.7 Å². The summed E-state index contributed by atoms with van der Waals surface area (Å²) in [6, 6.07) is 5.98. The number of rotatable bonds is 3. The van der Waals surface area contributed by atoms with Crippen molar-refractivity contribution in [3.05, 3.63) is 35.6 Å². The van der Waals surface area contributed by atoms with Crippen LogP contribution in [0.2, 0.25) is 0 Å². The van der Waals surface area contributed by atoms with Crippen LogP contribution in [0.1, 0.15) is 44.3 Å². The fourth-order valence-corrected chi connectivity index (χ4v) is 4.31. The molecule has 7 heteroatoms. The number of carbonyl (C=O) groups excluding carboxylic acids is 2. The van der Waals surface area contributed by atoms with Crippen LogP contribution in [-0.4, -0.2) is 53.6 Å². The molecule has 0 bridgehead atoms. The Morgan fingerprint density at radius 2 is 1.93 bits per heavy atom. The molecule has 1 atom stereocenters. The number of amides is 3. The molecule has 6 nitrogen and oxygen atoms in total. The molecular weight excluding hydrogens is 349 g/mol. The van der Waals surface area contributed by atoms with Gasteiger partial charge in [0.2, 0.25) is 0 Å². The van der Waals surface area contributed by atoms with Crippen molar-refractivity contribution in [1.82, 2.24) is 15.1 Å². The molecule has 1 saturated carbocycles. The van der Waals surface area contributed by atoms with Crippen LogP contribution >= 0.6 is 0 Å². The third kappa shape index (κ3) is 3.58. The summed E-state index contributed by atoms with van der Waals surface area (Å²) in [5, 5.41) is 2.97. The van der Waals surface area contributed by atoms with Crippen LogP contribution in [0.3, 0.4) is 0 Å². The van der Waals surface area contributed by atoms with E-state index in [1.165, 1.54) is 17.0 Å². The van der Waals surface area contributed by atoms with Gasteiger partial charge in [0.15, 0.2) is 0 Å². The van der Waals surface area contributed by atoms with Crippen molar-refractivity contribution in [3.8, 4) is 0 Å². The van der Waals surface area contributed by atoms with Gasteiger partial charge < -0.3 is 10.1 Å². The van der Waals surface area contributed by atoms with Gasteiger partial charge in [-0.15, -0.1) is 0 Å². The number of urea groups is 1. The van der Waals surface area contributed by atoms with Gasteiger partial charge in [0.05, 0.1) is 19.4 Å². The highest BCUT2D eigenvalue weighted by Gasteiger charge is 2.52. The molecule has 3 fully saturated rings. The first-order chi connectivity index (χ1) is 13.0. The van der Waals surface area contributed by atoms with Gasteiger partial charge in [0, 0.05) is 13.1 Å². The lowest BCUT2D eigenvalue weighted by atomic mass is 9.77. The van der Waals surface area contributed by atoms with Crippen molar-refractivity contribution in [2.45, 2.75) is 44.2 Å². The summed E-state index contributed by atoms with van der Waals surface area (Å²) >= 11 is 0. The third-order valence-corrected chi connectivity index (χ3v) is 6.11. The van der Waals surface area contributed by atoms with Gasteiger partial charge in [-0.3, -0.25) is 9.69 Å². The van der Waals surface area contributed by atoms with Crippen molar-refractivity contribution in [2.24, 2.45) is 5.92 Å². The average molecular weight is 375 g/mol. The molecule has 0 aromatic heterocycles. The highest BCUT2D eigenvalue weighted by atomic mass is 19.1. The SMILES string of the molecule is CC1CCC2(CC1)NC(=O)N(CN1CCO[C@H](c3ccc(F)cc3)C1)C2=O. The minimum Gasteiger partial charge on any atom is -0.371 e. The molecule has 1 aliphatic carbocycles. The molecule has 4 rings (SSSR count). The van der Waals surface area contributed by atoms with Crippen molar-refractivity contribution < 1.29 is 18.7 Å². The predicted molar refractivity (Wildman–Crippen MR) is 97.3 cm³/mol. The Hall–Kier alpha value is -1.99. The van der Waals surface area contributed by atoms with E-state index < -0.39 is 5.54 Å². The second kappa shape index (κ2) is 7.20. The summed E-state index contributed by atoms with van der Waals surface area (Å²) in [6.45, 7) is 4.18. The number of hydrogen-bond donors (Lipinski definition) is 1. The number of ether oxygens (including phenoxy) is 1. The van der Waals surface area contributed by atoms with Crippen LogP contribution < -0.4 is 5.32 Å². The summed E-state index contributed by atoms with van der Waals surface area (Å²) in [6.07, 6.45) is 3.17. The zero-order valence-corrected chi connectivity index (χ0v) is 15.6. The number of benzene rings is 1. The van der Waals surface area contributed by atoms with Crippen molar-refractivity contribution >= 4 is 11.9 Å². The van der Waals surface area contributed by atoms with E-state index in [1.54, 1.807) is 12.1 Å². The van der Waals surface area contributed by atoms with E-state index >= 15 is 0 Å². The summed E-state index contributed by atoms with van der Waals surface area (Å²) in [4.78, 5) is 28.9. The van der Waals surface area contributed by atoms with Crippen molar-refractivity contribution in [2.75, 3.05) is 26.4 Å². The normalized spacial score (nSPS) is 32.1. The van der Waals surface area contributed by atoms with E-state index in [9.17, 15) is 14.0 Å². The highest BCUT2D eigenvalue weighted by molar-refractivity contribution is 6.07. The Morgan fingerprint density at radius 3 is 2.63 bits per heavy atom. The molecular formula is C20H26FN3O3. The van der Waals surface area contributed by atoms with E-state index in [1.807, 2.05) is 0 Å². The minimum atomic E-state index is -0.702. The Morgan fingerprint density at radius 1 is 1.22 bits per heavy atom. The van der Waals surface area contributed by atoms with Crippen molar-refractivity contribution in [3.63, 3.8) is 0 Å². The summed E-state index contributed by atoms with van der Waals surface area (Å²) in [7, 11) is 0. The van der Waals surface area contributed by atoms with Crippen LogP contribution in [-0.2, 0) is 9.53 Å². The minimum absolute atomic E-state index is 0.0933. The highest BCUT2D eigenvalue weighted by Crippen LogP contribution is 2.36. The maximum Gasteiger partial charge on any atom is 0.326 e. The maximum absolute atomic E-state index is 13.1. The van der Waals surface area contributed by atoms with Gasteiger partial charge in [0.1, 0.15) is 11.4 Å². The average Bonchev–Trinajstić information content (AvgIpc) is 2.89. The zero-order chi connectivity index (χ0) is 19.0. The van der Waals surface area contributed by atoms with E-state index in [4.69, 9.17) is 4.74 Å². The summed E-state index contributed by atoms with van der Waals surface area (Å²) < 4.78 is 19.0. The second-order valence-electron chi connectivity index (χ2n) is 8.06. The molecule has 1 aromatic carbocycles. The van der Waals surface area contributed by atoms with E-state index in [-0.39, 0.29) is 30.5 Å². The smallest absolute Gasteiger partial charge is 0.326 e. The van der Waals surface area contributed by atoms with Crippen LogP contribution in [0.25, 0.3) is 0 Å². The van der Waals surface area contributed by atoms with Crippen LogP contribution in [0.15, 0.2) is 24.3 Å². The maximum atomic E-state index is 13.1. The lowest BCUT2D eigenvalue weighted by Gasteiger charge is -2.36. The first-order valence-corrected chi connectivity index (χ1v) is 9.70. The monoisotopic (exact) mass is 375 g/mol. The Bertz CT molecular complexity index is 716. The molecule has 146 valence electrons. The quantitative estimate of drug-likeness (QED) is 0.825. The van der Waals surface area contributed by atoms with E-state index in [0.29, 0.717) is 25.6 Å². The number of morpholine rings is 1. The van der Waals surface area contributed by atoms with Gasteiger partial charge in [0.25, 0.3) is 5.91 Å². The lowest BCUT2D eigenvalue weighted by molar-refractivity contribution is -0.135. The standard InChI is InChI=1S/C20H26FN3O3/c1-14-6-8-20(9-7-14)18(25)24(19(26)22-20)13-23-10-11-27-17(12-23)15-2-4-16(21)5-3-15/h2-5,14,17H,6-13H2,1H3,(H,22,26)/t14?,17-,20?/m0/s1. The van der Waals surface area contributed by atoms with E-state index in [0.717, 1.165) is 31.2 Å². The molecule has 1 aromatic rings. The first-order valence-electron chi connectivity index (χ1n) is 9.70. The molecule has 1 N–H and O–H groups in total. The van der Waals surface area contributed by atoms with Crippen LogP contribution in [0.4, 0.5) is 9.18 Å². The Labute approximate surface area is 158 Å². The lowest BCUT2D eigenvalue weighted by Crippen LogP contribution is -2.51.